The third kappa shape index (κ3) is 1.47. The Morgan fingerprint density at radius 3 is 3.08 bits per heavy atom. The first-order chi connectivity index (χ1) is 6.33. The van der Waals surface area contributed by atoms with Crippen molar-refractivity contribution in [2.45, 2.75) is 19.6 Å². The van der Waals surface area contributed by atoms with Crippen LogP contribution in [-0.4, -0.2) is 13.7 Å². The molecule has 1 aliphatic rings. The van der Waals surface area contributed by atoms with Gasteiger partial charge in [0.1, 0.15) is 0 Å². The van der Waals surface area contributed by atoms with Gasteiger partial charge in [-0.3, -0.25) is 0 Å². The zero-order valence-electron chi connectivity index (χ0n) is 8.04. The lowest BCUT2D eigenvalue weighted by atomic mass is 9.97. The van der Waals surface area contributed by atoms with Gasteiger partial charge in [-0.1, -0.05) is 18.2 Å². The van der Waals surface area contributed by atoms with Crippen molar-refractivity contribution in [2.75, 3.05) is 13.7 Å². The maximum atomic E-state index is 5.51. The van der Waals surface area contributed by atoms with Crippen molar-refractivity contribution in [3.63, 3.8) is 0 Å². The fraction of sp³-hybridized carbons (Fsp3) is 0.455. The van der Waals surface area contributed by atoms with Crippen LogP contribution in [0.3, 0.4) is 0 Å². The molecule has 1 atom stereocenters. The van der Waals surface area contributed by atoms with Crippen molar-refractivity contribution in [1.29, 1.82) is 0 Å². The van der Waals surface area contributed by atoms with Crippen LogP contribution in [0.25, 0.3) is 0 Å². The van der Waals surface area contributed by atoms with Crippen LogP contribution in [0.2, 0.25) is 0 Å². The third-order valence-electron chi connectivity index (χ3n) is 2.50. The van der Waals surface area contributed by atoms with Crippen molar-refractivity contribution < 1.29 is 9.47 Å². The number of rotatable bonds is 1. The molecule has 2 heteroatoms. The molecular weight excluding hydrogens is 164 g/mol. The summed E-state index contributed by atoms with van der Waals surface area (Å²) in [5, 5.41) is 0. The van der Waals surface area contributed by atoms with Crippen molar-refractivity contribution in [3.8, 4) is 0 Å². The summed E-state index contributed by atoms with van der Waals surface area (Å²) in [5.74, 6) is 0. The molecule has 0 bridgehead atoms. The highest BCUT2D eigenvalue weighted by molar-refractivity contribution is 5.36. The highest BCUT2D eigenvalue weighted by atomic mass is 16.7. The normalized spacial score (nSPS) is 21.2. The van der Waals surface area contributed by atoms with Crippen molar-refractivity contribution >= 4 is 0 Å². The van der Waals surface area contributed by atoms with Gasteiger partial charge in [-0.2, -0.15) is 0 Å². The second-order valence-electron chi connectivity index (χ2n) is 3.34. The number of hydrogen-bond acceptors (Lipinski definition) is 2. The predicted octanol–water partition coefficient (Wildman–Crippen LogP) is 2.21. The number of fused-ring (bicyclic) bond motifs is 1. The van der Waals surface area contributed by atoms with E-state index in [2.05, 4.69) is 25.1 Å². The molecule has 2 nitrogen and oxygen atoms in total. The minimum Gasteiger partial charge on any atom is -0.352 e. The van der Waals surface area contributed by atoms with Crippen LogP contribution in [0.15, 0.2) is 18.2 Å². The van der Waals surface area contributed by atoms with E-state index >= 15 is 0 Å². The molecule has 1 aliphatic heterocycles. The average Bonchev–Trinajstić information content (AvgIpc) is 2.17. The molecule has 13 heavy (non-hydrogen) atoms. The number of benzene rings is 1. The minimum atomic E-state index is -0.162. The summed E-state index contributed by atoms with van der Waals surface area (Å²) < 4.78 is 10.8. The van der Waals surface area contributed by atoms with Crippen LogP contribution in [0, 0.1) is 6.92 Å². The van der Waals surface area contributed by atoms with Gasteiger partial charge in [0.2, 0.25) is 0 Å². The van der Waals surface area contributed by atoms with Gasteiger partial charge in [-0.15, -0.1) is 0 Å². The molecule has 0 fully saturated rings. The van der Waals surface area contributed by atoms with Crippen LogP contribution in [0.4, 0.5) is 0 Å². The van der Waals surface area contributed by atoms with E-state index in [1.165, 1.54) is 16.7 Å². The van der Waals surface area contributed by atoms with Crippen molar-refractivity contribution in [1.82, 2.24) is 0 Å². The Hall–Kier alpha value is -0.860. The number of methoxy groups -OCH3 is 1. The van der Waals surface area contributed by atoms with Gasteiger partial charge < -0.3 is 9.47 Å². The van der Waals surface area contributed by atoms with E-state index < -0.39 is 0 Å². The van der Waals surface area contributed by atoms with Crippen LogP contribution in [0.5, 0.6) is 0 Å². The molecule has 0 aliphatic carbocycles. The van der Waals surface area contributed by atoms with Crippen LogP contribution < -0.4 is 0 Å². The first kappa shape index (κ1) is 8.73. The monoisotopic (exact) mass is 178 g/mol. The highest BCUT2D eigenvalue weighted by Gasteiger charge is 2.21. The predicted molar refractivity (Wildman–Crippen MR) is 50.6 cm³/mol. The third-order valence-corrected chi connectivity index (χ3v) is 2.50. The summed E-state index contributed by atoms with van der Waals surface area (Å²) >= 11 is 0. The zero-order valence-corrected chi connectivity index (χ0v) is 8.04. The van der Waals surface area contributed by atoms with Gasteiger partial charge in [0.05, 0.1) is 6.61 Å². The van der Waals surface area contributed by atoms with Gasteiger partial charge >= 0.3 is 0 Å². The van der Waals surface area contributed by atoms with E-state index in [0.717, 1.165) is 13.0 Å². The highest BCUT2D eigenvalue weighted by Crippen LogP contribution is 2.29. The largest absolute Gasteiger partial charge is 0.352 e. The Morgan fingerprint density at radius 1 is 1.46 bits per heavy atom. The Bertz CT molecular complexity index is 307. The van der Waals surface area contributed by atoms with Crippen molar-refractivity contribution in [3.05, 3.63) is 34.9 Å². The van der Waals surface area contributed by atoms with Crippen LogP contribution in [0.1, 0.15) is 23.0 Å². The second kappa shape index (κ2) is 3.48. The Kier molecular flexibility index (Phi) is 2.34. The van der Waals surface area contributed by atoms with E-state index in [4.69, 9.17) is 9.47 Å². The Labute approximate surface area is 78.5 Å². The summed E-state index contributed by atoms with van der Waals surface area (Å²) in [6.07, 6.45) is 0.835. The molecule has 1 heterocycles. The molecule has 70 valence electrons. The topological polar surface area (TPSA) is 18.5 Å². The Morgan fingerprint density at radius 2 is 2.31 bits per heavy atom. The van der Waals surface area contributed by atoms with Gasteiger partial charge in [-0.25, -0.2) is 0 Å². The maximum absolute atomic E-state index is 5.51. The van der Waals surface area contributed by atoms with E-state index in [1.54, 1.807) is 7.11 Å². The Balaban J connectivity index is 2.47. The lowest BCUT2D eigenvalue weighted by molar-refractivity contribution is -0.134. The molecule has 0 N–H and O–H groups in total. The first-order valence-electron chi connectivity index (χ1n) is 4.55. The summed E-state index contributed by atoms with van der Waals surface area (Å²) in [4.78, 5) is 0. The van der Waals surface area contributed by atoms with E-state index in [0.29, 0.717) is 0 Å². The molecular formula is C11H14O2. The SMILES string of the molecule is CO[C@H]1OCCc2cccc(C)c21. The average molecular weight is 178 g/mol. The quantitative estimate of drug-likeness (QED) is 0.656. The van der Waals surface area contributed by atoms with Gasteiger partial charge in [-0.05, 0) is 24.5 Å². The smallest absolute Gasteiger partial charge is 0.183 e. The first-order valence-corrected chi connectivity index (χ1v) is 4.55. The van der Waals surface area contributed by atoms with Crippen LogP contribution >= 0.6 is 0 Å². The van der Waals surface area contributed by atoms with Gasteiger partial charge in [0.15, 0.2) is 6.29 Å². The molecule has 0 saturated carbocycles. The molecule has 0 unspecified atom stereocenters. The molecule has 0 radical (unpaired) electrons. The molecule has 2 rings (SSSR count). The van der Waals surface area contributed by atoms with E-state index in [-0.39, 0.29) is 6.29 Å². The van der Waals surface area contributed by atoms with E-state index in [1.807, 2.05) is 0 Å². The summed E-state index contributed by atoms with van der Waals surface area (Å²) in [6.45, 7) is 2.86. The molecule has 0 amide bonds. The molecule has 1 aromatic carbocycles. The zero-order chi connectivity index (χ0) is 9.26. The fourth-order valence-electron chi connectivity index (χ4n) is 1.84. The number of aryl methyl sites for hydroxylation is 1. The fourth-order valence-corrected chi connectivity index (χ4v) is 1.84. The van der Waals surface area contributed by atoms with E-state index in [9.17, 15) is 0 Å². The maximum Gasteiger partial charge on any atom is 0.183 e. The molecule has 0 spiro atoms. The van der Waals surface area contributed by atoms with Crippen molar-refractivity contribution in [2.24, 2.45) is 0 Å². The standard InChI is InChI=1S/C11H14O2/c1-8-4-3-5-9-6-7-13-11(12-2)10(8)9/h3-5,11H,6-7H2,1-2H3/t11-/m0/s1. The number of ether oxygens (including phenoxy) is 2. The molecule has 1 aromatic rings. The minimum absolute atomic E-state index is 0.162. The molecule has 0 saturated heterocycles. The lowest BCUT2D eigenvalue weighted by Crippen LogP contribution is -2.18. The summed E-state index contributed by atoms with van der Waals surface area (Å²) in [7, 11) is 1.69. The summed E-state index contributed by atoms with van der Waals surface area (Å²) in [6, 6.07) is 6.34. The van der Waals surface area contributed by atoms with Crippen LogP contribution in [-0.2, 0) is 15.9 Å². The summed E-state index contributed by atoms with van der Waals surface area (Å²) in [5.41, 5.74) is 3.83. The lowest BCUT2D eigenvalue weighted by Gasteiger charge is -2.26. The molecule has 0 aromatic heterocycles. The second-order valence-corrected chi connectivity index (χ2v) is 3.34. The van der Waals surface area contributed by atoms with Gasteiger partial charge in [0, 0.05) is 12.7 Å². The van der Waals surface area contributed by atoms with Gasteiger partial charge in [0.25, 0.3) is 0 Å². The number of hydrogen-bond donors (Lipinski definition) is 0.